The first-order chi connectivity index (χ1) is 12.0. The van der Waals surface area contributed by atoms with E-state index in [0.717, 1.165) is 4.47 Å². The van der Waals surface area contributed by atoms with Crippen molar-refractivity contribution in [2.24, 2.45) is 0 Å². The van der Waals surface area contributed by atoms with E-state index in [1.165, 1.54) is 13.0 Å². The van der Waals surface area contributed by atoms with Crippen molar-refractivity contribution in [3.8, 4) is 11.8 Å². The second-order valence-electron chi connectivity index (χ2n) is 5.06. The van der Waals surface area contributed by atoms with E-state index in [0.29, 0.717) is 17.0 Å². The Hall–Kier alpha value is -2.85. The summed E-state index contributed by atoms with van der Waals surface area (Å²) < 4.78 is 11.2. The number of nitrogens with zero attached hydrogens (tertiary/aromatic N) is 1. The van der Waals surface area contributed by atoms with Crippen molar-refractivity contribution >= 4 is 33.5 Å². The van der Waals surface area contributed by atoms with Gasteiger partial charge in [0.25, 0.3) is 5.91 Å². The number of carbonyl (C=O) groups is 2. The molecule has 0 heterocycles. The molecule has 0 aliphatic carbocycles. The summed E-state index contributed by atoms with van der Waals surface area (Å²) in [6.07, 6.45) is -0.994. The van der Waals surface area contributed by atoms with Crippen LogP contribution in [-0.4, -0.2) is 24.6 Å². The van der Waals surface area contributed by atoms with E-state index < -0.39 is 18.0 Å². The average Bonchev–Trinajstić information content (AvgIpc) is 2.61. The van der Waals surface area contributed by atoms with Crippen LogP contribution in [0.25, 0.3) is 0 Å². The maximum Gasteiger partial charge on any atom is 0.344 e. The minimum Gasteiger partial charge on any atom is -0.482 e. The summed E-state index contributed by atoms with van der Waals surface area (Å²) in [4.78, 5) is 23.8. The Bertz CT molecular complexity index is 799. The molecule has 0 bridgehead atoms. The van der Waals surface area contributed by atoms with Crippen molar-refractivity contribution in [2.75, 3.05) is 11.9 Å². The molecule has 128 valence electrons. The van der Waals surface area contributed by atoms with E-state index in [1.807, 2.05) is 6.07 Å². The number of esters is 1. The molecule has 0 saturated heterocycles. The molecule has 2 rings (SSSR count). The zero-order chi connectivity index (χ0) is 18.2. The SMILES string of the molecule is CC(OC(=O)COc1ccc(Br)cc1)C(=O)Nc1cccc(C#N)c1. The van der Waals surface area contributed by atoms with Crippen LogP contribution >= 0.6 is 15.9 Å². The highest BCUT2D eigenvalue weighted by Gasteiger charge is 2.18. The van der Waals surface area contributed by atoms with E-state index in [-0.39, 0.29) is 6.61 Å². The van der Waals surface area contributed by atoms with Gasteiger partial charge in [-0.25, -0.2) is 4.79 Å². The minimum atomic E-state index is -0.994. The highest BCUT2D eigenvalue weighted by atomic mass is 79.9. The fraction of sp³-hybridized carbons (Fsp3) is 0.167. The molecule has 1 N–H and O–H groups in total. The van der Waals surface area contributed by atoms with Gasteiger partial charge in [0.1, 0.15) is 5.75 Å². The first kappa shape index (κ1) is 18.5. The number of nitrogens with one attached hydrogen (secondary N) is 1. The van der Waals surface area contributed by atoms with E-state index in [4.69, 9.17) is 14.7 Å². The lowest BCUT2D eigenvalue weighted by atomic mass is 10.2. The molecule has 0 aliphatic rings. The Labute approximate surface area is 153 Å². The van der Waals surface area contributed by atoms with Gasteiger partial charge in [-0.2, -0.15) is 5.26 Å². The van der Waals surface area contributed by atoms with Crippen LogP contribution in [0.4, 0.5) is 5.69 Å². The third-order valence-corrected chi connectivity index (χ3v) is 3.64. The van der Waals surface area contributed by atoms with Gasteiger partial charge < -0.3 is 14.8 Å². The monoisotopic (exact) mass is 402 g/mol. The van der Waals surface area contributed by atoms with Crippen molar-refractivity contribution < 1.29 is 19.1 Å². The smallest absolute Gasteiger partial charge is 0.344 e. The third-order valence-electron chi connectivity index (χ3n) is 3.11. The van der Waals surface area contributed by atoms with Crippen molar-refractivity contribution in [3.05, 3.63) is 58.6 Å². The molecule has 0 fully saturated rings. The molecular formula is C18H15BrN2O4. The van der Waals surface area contributed by atoms with Crippen LogP contribution < -0.4 is 10.1 Å². The van der Waals surface area contributed by atoms with Gasteiger partial charge in [-0.15, -0.1) is 0 Å². The van der Waals surface area contributed by atoms with E-state index >= 15 is 0 Å². The Morgan fingerprint density at radius 1 is 1.24 bits per heavy atom. The first-order valence-corrected chi connectivity index (χ1v) is 8.16. The average molecular weight is 403 g/mol. The van der Waals surface area contributed by atoms with Gasteiger partial charge in [0.15, 0.2) is 12.7 Å². The molecule has 25 heavy (non-hydrogen) atoms. The summed E-state index contributed by atoms with van der Waals surface area (Å²) in [5, 5.41) is 11.4. The topological polar surface area (TPSA) is 88.4 Å². The number of carbonyl (C=O) groups excluding carboxylic acids is 2. The van der Waals surface area contributed by atoms with Crippen molar-refractivity contribution in [2.45, 2.75) is 13.0 Å². The van der Waals surface area contributed by atoms with Crippen LogP contribution in [0.3, 0.4) is 0 Å². The molecule has 0 spiro atoms. The highest BCUT2D eigenvalue weighted by Crippen LogP contribution is 2.16. The standard InChI is InChI=1S/C18H15BrN2O4/c1-12(18(23)21-15-4-2-3-13(9-15)10-20)25-17(22)11-24-16-7-5-14(19)6-8-16/h2-9,12H,11H2,1H3,(H,21,23). The lowest BCUT2D eigenvalue weighted by Crippen LogP contribution is -2.31. The molecule has 1 amide bonds. The van der Waals surface area contributed by atoms with Crippen LogP contribution in [-0.2, 0) is 14.3 Å². The van der Waals surface area contributed by atoms with Crippen molar-refractivity contribution in [3.63, 3.8) is 0 Å². The lowest BCUT2D eigenvalue weighted by Gasteiger charge is -2.14. The van der Waals surface area contributed by atoms with Gasteiger partial charge in [0.05, 0.1) is 11.6 Å². The summed E-state index contributed by atoms with van der Waals surface area (Å²) >= 11 is 3.30. The number of hydrogen-bond acceptors (Lipinski definition) is 5. The second-order valence-corrected chi connectivity index (χ2v) is 5.97. The number of benzene rings is 2. The number of anilines is 1. The number of hydrogen-bond donors (Lipinski definition) is 1. The van der Waals surface area contributed by atoms with Gasteiger partial charge in [0, 0.05) is 10.2 Å². The minimum absolute atomic E-state index is 0.302. The summed E-state index contributed by atoms with van der Waals surface area (Å²) in [6.45, 7) is 1.16. The molecule has 2 aromatic carbocycles. The maximum absolute atomic E-state index is 12.0. The zero-order valence-electron chi connectivity index (χ0n) is 13.4. The maximum atomic E-state index is 12.0. The van der Waals surface area contributed by atoms with E-state index in [2.05, 4.69) is 21.2 Å². The number of amides is 1. The number of rotatable bonds is 6. The summed E-state index contributed by atoms with van der Waals surface area (Å²) in [5.74, 6) is -0.631. The second kappa shape index (κ2) is 8.85. The van der Waals surface area contributed by atoms with Crippen LogP contribution in [0.5, 0.6) is 5.75 Å². The quantitative estimate of drug-likeness (QED) is 0.748. The predicted molar refractivity (Wildman–Crippen MR) is 95.0 cm³/mol. The molecule has 0 aromatic heterocycles. The third kappa shape index (κ3) is 5.94. The van der Waals surface area contributed by atoms with Gasteiger partial charge in [-0.3, -0.25) is 4.79 Å². The van der Waals surface area contributed by atoms with Crippen LogP contribution in [0.15, 0.2) is 53.0 Å². The normalized spacial score (nSPS) is 11.1. The molecule has 1 atom stereocenters. The molecule has 0 saturated carbocycles. The van der Waals surface area contributed by atoms with Crippen molar-refractivity contribution in [1.82, 2.24) is 0 Å². The first-order valence-electron chi connectivity index (χ1n) is 7.37. The summed E-state index contributed by atoms with van der Waals surface area (Å²) in [7, 11) is 0. The van der Waals surface area contributed by atoms with Gasteiger partial charge in [-0.1, -0.05) is 22.0 Å². The fourth-order valence-corrected chi connectivity index (χ4v) is 2.13. The van der Waals surface area contributed by atoms with Gasteiger partial charge >= 0.3 is 5.97 Å². The molecule has 1 unspecified atom stereocenters. The van der Waals surface area contributed by atoms with Crippen LogP contribution in [0.1, 0.15) is 12.5 Å². The van der Waals surface area contributed by atoms with E-state index in [9.17, 15) is 9.59 Å². The Kier molecular flexibility index (Phi) is 6.54. The summed E-state index contributed by atoms with van der Waals surface area (Å²) in [6, 6.07) is 15.4. The largest absolute Gasteiger partial charge is 0.482 e. The van der Waals surface area contributed by atoms with Gasteiger partial charge in [0.2, 0.25) is 0 Å². The molecule has 0 radical (unpaired) electrons. The number of halogens is 1. The van der Waals surface area contributed by atoms with Crippen LogP contribution in [0.2, 0.25) is 0 Å². The zero-order valence-corrected chi connectivity index (χ0v) is 14.9. The number of ether oxygens (including phenoxy) is 2. The van der Waals surface area contributed by atoms with Gasteiger partial charge in [-0.05, 0) is 49.4 Å². The lowest BCUT2D eigenvalue weighted by molar-refractivity contribution is -0.155. The predicted octanol–water partition coefficient (Wildman–Crippen LogP) is 3.27. The molecule has 6 nitrogen and oxygen atoms in total. The van der Waals surface area contributed by atoms with Crippen molar-refractivity contribution in [1.29, 1.82) is 5.26 Å². The molecular weight excluding hydrogens is 388 g/mol. The Morgan fingerprint density at radius 2 is 1.96 bits per heavy atom. The highest BCUT2D eigenvalue weighted by molar-refractivity contribution is 9.10. The van der Waals surface area contributed by atoms with E-state index in [1.54, 1.807) is 42.5 Å². The fourth-order valence-electron chi connectivity index (χ4n) is 1.87. The van der Waals surface area contributed by atoms with Crippen LogP contribution in [0, 0.1) is 11.3 Å². The molecule has 7 heteroatoms. The Morgan fingerprint density at radius 3 is 2.64 bits per heavy atom. The Balaban J connectivity index is 1.82. The molecule has 2 aromatic rings. The summed E-state index contributed by atoms with van der Waals surface area (Å²) in [5.41, 5.74) is 0.878. The molecule has 0 aliphatic heterocycles. The number of nitriles is 1.